The molecule has 1 saturated heterocycles. The summed E-state index contributed by atoms with van der Waals surface area (Å²) in [5.41, 5.74) is 2.68. The van der Waals surface area contributed by atoms with Crippen molar-refractivity contribution in [2.45, 2.75) is 52.1 Å². The van der Waals surface area contributed by atoms with Crippen LogP contribution < -0.4 is 0 Å². The highest BCUT2D eigenvalue weighted by atomic mass is 16.6. The number of benzene rings is 1. The number of phenolic OH excluding ortho intramolecular Hbond substituents is 1. The van der Waals surface area contributed by atoms with E-state index in [0.29, 0.717) is 31.8 Å². The van der Waals surface area contributed by atoms with Gasteiger partial charge in [0.05, 0.1) is 6.61 Å². The standard InChI is InChI=1S/C17H24O4/c1-11-7-12(8-14(16(11)19)17(2,3)4)5-6-15(18)21-10-13-9-20-13/h7-8,13,19H,5-6,9-10H2,1-4H3. The summed E-state index contributed by atoms with van der Waals surface area (Å²) >= 11 is 0. The molecule has 1 heterocycles. The van der Waals surface area contributed by atoms with Crippen LogP contribution in [-0.2, 0) is 26.1 Å². The molecule has 4 heteroatoms. The second-order valence-corrected chi connectivity index (χ2v) is 6.70. The van der Waals surface area contributed by atoms with E-state index in [9.17, 15) is 9.90 Å². The van der Waals surface area contributed by atoms with Crippen molar-refractivity contribution in [3.8, 4) is 5.75 Å². The molecule has 1 N–H and O–H groups in total. The van der Waals surface area contributed by atoms with Gasteiger partial charge in [0.15, 0.2) is 0 Å². The molecule has 1 atom stereocenters. The summed E-state index contributed by atoms with van der Waals surface area (Å²) in [4.78, 5) is 11.7. The first kappa shape index (κ1) is 15.8. The van der Waals surface area contributed by atoms with Crippen LogP contribution in [0.25, 0.3) is 0 Å². The van der Waals surface area contributed by atoms with E-state index in [1.165, 1.54) is 0 Å². The van der Waals surface area contributed by atoms with E-state index in [0.717, 1.165) is 16.7 Å². The lowest BCUT2D eigenvalue weighted by atomic mass is 9.83. The minimum Gasteiger partial charge on any atom is -0.507 e. The van der Waals surface area contributed by atoms with Crippen LogP contribution in [0.3, 0.4) is 0 Å². The number of hydrogen-bond donors (Lipinski definition) is 1. The van der Waals surface area contributed by atoms with Crippen molar-refractivity contribution in [3.63, 3.8) is 0 Å². The smallest absolute Gasteiger partial charge is 0.306 e. The fourth-order valence-electron chi connectivity index (χ4n) is 2.24. The Morgan fingerprint density at radius 1 is 1.43 bits per heavy atom. The van der Waals surface area contributed by atoms with Crippen LogP contribution in [-0.4, -0.2) is 30.4 Å². The maximum Gasteiger partial charge on any atom is 0.306 e. The summed E-state index contributed by atoms with van der Waals surface area (Å²) in [5.74, 6) is 0.147. The van der Waals surface area contributed by atoms with Crippen molar-refractivity contribution < 1.29 is 19.4 Å². The number of rotatable bonds is 5. The molecule has 1 unspecified atom stereocenters. The van der Waals surface area contributed by atoms with E-state index < -0.39 is 0 Å². The predicted octanol–water partition coefficient (Wildman–Crippen LogP) is 2.87. The molecule has 0 radical (unpaired) electrons. The topological polar surface area (TPSA) is 59.1 Å². The summed E-state index contributed by atoms with van der Waals surface area (Å²) in [6.07, 6.45) is 1.08. The molecule has 0 amide bonds. The van der Waals surface area contributed by atoms with Gasteiger partial charge in [-0.1, -0.05) is 32.9 Å². The van der Waals surface area contributed by atoms with Gasteiger partial charge in [-0.3, -0.25) is 4.79 Å². The van der Waals surface area contributed by atoms with Crippen LogP contribution in [0.4, 0.5) is 0 Å². The first-order valence-corrected chi connectivity index (χ1v) is 7.37. The van der Waals surface area contributed by atoms with Gasteiger partial charge in [0.25, 0.3) is 0 Å². The van der Waals surface area contributed by atoms with E-state index >= 15 is 0 Å². The van der Waals surface area contributed by atoms with Crippen LogP contribution in [0, 0.1) is 6.92 Å². The average molecular weight is 292 g/mol. The maximum absolute atomic E-state index is 11.7. The van der Waals surface area contributed by atoms with Crippen molar-refractivity contribution >= 4 is 5.97 Å². The van der Waals surface area contributed by atoms with Crippen LogP contribution in [0.5, 0.6) is 5.75 Å². The Morgan fingerprint density at radius 2 is 2.10 bits per heavy atom. The lowest BCUT2D eigenvalue weighted by Gasteiger charge is -2.22. The SMILES string of the molecule is Cc1cc(CCC(=O)OCC2CO2)cc(C(C)(C)C)c1O. The van der Waals surface area contributed by atoms with Gasteiger partial charge in [-0.25, -0.2) is 0 Å². The fourth-order valence-corrected chi connectivity index (χ4v) is 2.24. The molecule has 0 saturated carbocycles. The van der Waals surface area contributed by atoms with Gasteiger partial charge in [0, 0.05) is 6.42 Å². The van der Waals surface area contributed by atoms with E-state index in [2.05, 4.69) is 20.8 Å². The predicted molar refractivity (Wildman–Crippen MR) is 80.6 cm³/mol. The Morgan fingerprint density at radius 3 is 2.67 bits per heavy atom. The van der Waals surface area contributed by atoms with Crippen molar-refractivity contribution in [2.24, 2.45) is 0 Å². The van der Waals surface area contributed by atoms with Crippen molar-refractivity contribution in [1.29, 1.82) is 0 Å². The Balaban J connectivity index is 1.99. The Kier molecular flexibility index (Phi) is 4.57. The van der Waals surface area contributed by atoms with Gasteiger partial charge in [-0.15, -0.1) is 0 Å². The summed E-state index contributed by atoms with van der Waals surface area (Å²) in [7, 11) is 0. The third kappa shape index (κ3) is 4.46. The summed E-state index contributed by atoms with van der Waals surface area (Å²) in [6.45, 7) is 9.14. The molecule has 4 nitrogen and oxygen atoms in total. The van der Waals surface area contributed by atoms with Crippen molar-refractivity contribution in [3.05, 3.63) is 28.8 Å². The Labute approximate surface area is 126 Å². The minimum absolute atomic E-state index is 0.109. The zero-order valence-corrected chi connectivity index (χ0v) is 13.2. The molecule has 0 bridgehead atoms. The van der Waals surface area contributed by atoms with Gasteiger partial charge >= 0.3 is 5.97 Å². The van der Waals surface area contributed by atoms with E-state index in [-0.39, 0.29) is 17.5 Å². The molecular weight excluding hydrogens is 268 g/mol. The van der Waals surface area contributed by atoms with Crippen LogP contribution in [0.2, 0.25) is 0 Å². The lowest BCUT2D eigenvalue weighted by molar-refractivity contribution is -0.144. The number of hydrogen-bond acceptors (Lipinski definition) is 4. The van der Waals surface area contributed by atoms with Gasteiger partial charge in [0.2, 0.25) is 0 Å². The molecular formula is C17H24O4. The minimum atomic E-state index is -0.200. The van der Waals surface area contributed by atoms with Crippen LogP contribution in [0.1, 0.15) is 43.9 Å². The molecule has 116 valence electrons. The largest absolute Gasteiger partial charge is 0.507 e. The molecule has 1 aliphatic rings. The quantitative estimate of drug-likeness (QED) is 0.669. The van der Waals surface area contributed by atoms with Crippen molar-refractivity contribution in [1.82, 2.24) is 0 Å². The second-order valence-electron chi connectivity index (χ2n) is 6.70. The second kappa shape index (κ2) is 6.06. The molecule has 1 fully saturated rings. The zero-order valence-electron chi connectivity index (χ0n) is 13.2. The first-order valence-electron chi connectivity index (χ1n) is 7.37. The monoisotopic (exact) mass is 292 g/mol. The fraction of sp³-hybridized carbons (Fsp3) is 0.588. The van der Waals surface area contributed by atoms with Gasteiger partial charge in [-0.2, -0.15) is 0 Å². The number of carbonyl (C=O) groups excluding carboxylic acids is 1. The number of phenols is 1. The molecule has 0 aromatic heterocycles. The van der Waals surface area contributed by atoms with Crippen LogP contribution in [0.15, 0.2) is 12.1 Å². The highest BCUT2D eigenvalue weighted by Crippen LogP contribution is 2.34. The summed E-state index contributed by atoms with van der Waals surface area (Å²) < 4.78 is 10.1. The maximum atomic E-state index is 11.7. The van der Waals surface area contributed by atoms with Crippen LogP contribution >= 0.6 is 0 Å². The lowest BCUT2D eigenvalue weighted by Crippen LogP contribution is -2.13. The molecule has 0 spiro atoms. The summed E-state index contributed by atoms with van der Waals surface area (Å²) in [5, 5.41) is 10.2. The zero-order chi connectivity index (χ0) is 15.6. The van der Waals surface area contributed by atoms with E-state index in [1.54, 1.807) is 0 Å². The average Bonchev–Trinajstić information content (AvgIpc) is 3.20. The third-order valence-corrected chi connectivity index (χ3v) is 3.62. The number of epoxide rings is 1. The molecule has 1 aromatic rings. The molecule has 1 aromatic carbocycles. The number of aryl methyl sites for hydroxylation is 2. The highest BCUT2D eigenvalue weighted by Gasteiger charge is 2.24. The van der Waals surface area contributed by atoms with Crippen molar-refractivity contribution in [2.75, 3.05) is 13.2 Å². The highest BCUT2D eigenvalue weighted by molar-refractivity contribution is 5.69. The third-order valence-electron chi connectivity index (χ3n) is 3.62. The summed E-state index contributed by atoms with van der Waals surface area (Å²) in [6, 6.07) is 3.92. The number of esters is 1. The molecule has 2 rings (SSSR count). The number of ether oxygens (including phenoxy) is 2. The molecule has 1 aliphatic heterocycles. The van der Waals surface area contributed by atoms with Gasteiger partial charge < -0.3 is 14.6 Å². The number of carbonyl (C=O) groups is 1. The Bertz CT molecular complexity index is 524. The first-order chi connectivity index (χ1) is 9.77. The van der Waals surface area contributed by atoms with Gasteiger partial charge in [0.1, 0.15) is 18.5 Å². The normalized spacial score (nSPS) is 17.6. The van der Waals surface area contributed by atoms with E-state index in [4.69, 9.17) is 9.47 Å². The Hall–Kier alpha value is -1.55. The van der Waals surface area contributed by atoms with E-state index in [1.807, 2.05) is 19.1 Å². The van der Waals surface area contributed by atoms with Gasteiger partial charge in [-0.05, 0) is 35.4 Å². The molecule has 0 aliphatic carbocycles. The number of aromatic hydroxyl groups is 1. The molecule has 21 heavy (non-hydrogen) atoms.